The summed E-state index contributed by atoms with van der Waals surface area (Å²) >= 11 is 0. The van der Waals surface area contributed by atoms with Crippen LogP contribution in [0, 0.1) is 0 Å². The summed E-state index contributed by atoms with van der Waals surface area (Å²) in [5.74, 6) is 1.81. The lowest BCUT2D eigenvalue weighted by atomic mass is 10.2. The number of nitrogens with zero attached hydrogens (tertiary/aromatic N) is 3. The van der Waals surface area contributed by atoms with Crippen molar-refractivity contribution in [3.63, 3.8) is 0 Å². The first-order valence-electron chi connectivity index (χ1n) is 7.35. The molecule has 22 heavy (non-hydrogen) atoms. The van der Waals surface area contributed by atoms with Crippen molar-refractivity contribution in [1.29, 1.82) is 0 Å². The number of ether oxygens (including phenoxy) is 1. The van der Waals surface area contributed by atoms with Gasteiger partial charge in [-0.05, 0) is 42.8 Å². The average Bonchev–Trinajstić information content (AvgIpc) is 3.07. The van der Waals surface area contributed by atoms with Gasteiger partial charge in [0.05, 0.1) is 6.61 Å². The van der Waals surface area contributed by atoms with E-state index in [0.29, 0.717) is 17.4 Å². The maximum absolute atomic E-state index is 5.64. The van der Waals surface area contributed by atoms with Crippen molar-refractivity contribution in [3.8, 4) is 28.7 Å². The fourth-order valence-electron chi connectivity index (χ4n) is 1.97. The molecule has 0 saturated carbocycles. The molecule has 0 aliphatic heterocycles. The van der Waals surface area contributed by atoms with E-state index in [4.69, 9.17) is 9.26 Å². The Morgan fingerprint density at radius 1 is 1.09 bits per heavy atom. The molecule has 5 heteroatoms. The fourth-order valence-corrected chi connectivity index (χ4v) is 1.97. The smallest absolute Gasteiger partial charge is 0.258 e. The number of hydrogen-bond donors (Lipinski definition) is 0. The van der Waals surface area contributed by atoms with Gasteiger partial charge in [0.25, 0.3) is 5.89 Å². The van der Waals surface area contributed by atoms with E-state index >= 15 is 0 Å². The van der Waals surface area contributed by atoms with Crippen LogP contribution < -0.4 is 4.74 Å². The van der Waals surface area contributed by atoms with Gasteiger partial charge in [-0.2, -0.15) is 4.98 Å². The molecule has 0 atom stereocenters. The van der Waals surface area contributed by atoms with Gasteiger partial charge in [0.2, 0.25) is 5.82 Å². The summed E-state index contributed by atoms with van der Waals surface area (Å²) in [7, 11) is 0. The average molecular weight is 295 g/mol. The van der Waals surface area contributed by atoms with Crippen LogP contribution in [-0.2, 0) is 0 Å². The molecular weight excluding hydrogens is 278 g/mol. The summed E-state index contributed by atoms with van der Waals surface area (Å²) in [6, 6.07) is 13.2. The molecule has 5 nitrogen and oxygen atoms in total. The molecule has 0 radical (unpaired) electrons. The Labute approximate surface area is 129 Å². The fraction of sp³-hybridized carbons (Fsp3) is 0.235. The SMILES string of the molecule is CCCCOc1ccc(-c2nc(-c3ccccn3)no2)cc1. The monoisotopic (exact) mass is 295 g/mol. The van der Waals surface area contributed by atoms with Crippen LogP contribution in [0.25, 0.3) is 23.0 Å². The summed E-state index contributed by atoms with van der Waals surface area (Å²) in [6.07, 6.45) is 3.88. The Morgan fingerprint density at radius 2 is 1.95 bits per heavy atom. The van der Waals surface area contributed by atoms with Crippen molar-refractivity contribution in [2.45, 2.75) is 19.8 Å². The lowest BCUT2D eigenvalue weighted by molar-refractivity contribution is 0.309. The number of aromatic nitrogens is 3. The first kappa shape index (κ1) is 14.3. The van der Waals surface area contributed by atoms with Gasteiger partial charge < -0.3 is 9.26 Å². The lowest BCUT2D eigenvalue weighted by Crippen LogP contribution is -1.95. The number of benzene rings is 1. The van der Waals surface area contributed by atoms with E-state index in [1.807, 2.05) is 42.5 Å². The normalized spacial score (nSPS) is 10.6. The van der Waals surface area contributed by atoms with Gasteiger partial charge in [0.15, 0.2) is 0 Å². The van der Waals surface area contributed by atoms with Gasteiger partial charge in [-0.3, -0.25) is 4.98 Å². The highest BCUT2D eigenvalue weighted by Gasteiger charge is 2.11. The summed E-state index contributed by atoms with van der Waals surface area (Å²) in [6.45, 7) is 2.88. The minimum atomic E-state index is 0.473. The van der Waals surface area contributed by atoms with Crippen LogP contribution >= 0.6 is 0 Å². The third-order valence-electron chi connectivity index (χ3n) is 3.19. The maximum Gasteiger partial charge on any atom is 0.258 e. The summed E-state index contributed by atoms with van der Waals surface area (Å²) in [5.41, 5.74) is 1.55. The standard InChI is InChI=1S/C17H17N3O2/c1-2-3-12-21-14-9-7-13(8-10-14)17-19-16(20-22-17)15-6-4-5-11-18-15/h4-11H,2-3,12H2,1H3. The third kappa shape index (κ3) is 3.31. The molecule has 3 rings (SSSR count). The Kier molecular flexibility index (Phi) is 4.44. The molecule has 3 aromatic rings. The topological polar surface area (TPSA) is 61.0 Å². The molecule has 0 aliphatic carbocycles. The molecule has 2 aromatic heterocycles. The van der Waals surface area contributed by atoms with Crippen LogP contribution in [0.1, 0.15) is 19.8 Å². The van der Waals surface area contributed by atoms with Crippen molar-refractivity contribution in [1.82, 2.24) is 15.1 Å². The van der Waals surface area contributed by atoms with E-state index in [1.54, 1.807) is 6.20 Å². The molecule has 0 aliphatic rings. The van der Waals surface area contributed by atoms with E-state index in [9.17, 15) is 0 Å². The van der Waals surface area contributed by atoms with Crippen LogP contribution in [0.2, 0.25) is 0 Å². The summed E-state index contributed by atoms with van der Waals surface area (Å²) in [4.78, 5) is 8.58. The van der Waals surface area contributed by atoms with Gasteiger partial charge in [0, 0.05) is 11.8 Å². The van der Waals surface area contributed by atoms with Gasteiger partial charge in [-0.25, -0.2) is 0 Å². The van der Waals surface area contributed by atoms with E-state index in [2.05, 4.69) is 22.0 Å². The summed E-state index contributed by atoms with van der Waals surface area (Å²) < 4.78 is 10.9. The van der Waals surface area contributed by atoms with E-state index in [-0.39, 0.29) is 0 Å². The molecule has 0 bridgehead atoms. The largest absolute Gasteiger partial charge is 0.494 e. The number of pyridine rings is 1. The minimum Gasteiger partial charge on any atom is -0.494 e. The molecule has 0 saturated heterocycles. The number of rotatable bonds is 6. The lowest BCUT2D eigenvalue weighted by Gasteiger charge is -2.04. The molecule has 0 unspecified atom stereocenters. The van der Waals surface area contributed by atoms with Gasteiger partial charge in [-0.1, -0.05) is 24.6 Å². The zero-order chi connectivity index (χ0) is 15.2. The molecule has 2 heterocycles. The molecule has 0 N–H and O–H groups in total. The van der Waals surface area contributed by atoms with Crippen LogP contribution in [0.4, 0.5) is 0 Å². The maximum atomic E-state index is 5.64. The van der Waals surface area contributed by atoms with E-state index < -0.39 is 0 Å². The van der Waals surface area contributed by atoms with E-state index in [0.717, 1.165) is 30.8 Å². The predicted molar refractivity (Wildman–Crippen MR) is 83.4 cm³/mol. The molecule has 0 amide bonds. The van der Waals surface area contributed by atoms with Crippen molar-refractivity contribution in [2.24, 2.45) is 0 Å². The third-order valence-corrected chi connectivity index (χ3v) is 3.19. The van der Waals surface area contributed by atoms with Gasteiger partial charge in [-0.15, -0.1) is 0 Å². The van der Waals surface area contributed by atoms with Gasteiger partial charge in [0.1, 0.15) is 11.4 Å². The molecule has 1 aromatic carbocycles. The number of hydrogen-bond acceptors (Lipinski definition) is 5. The van der Waals surface area contributed by atoms with Crippen LogP contribution in [0.3, 0.4) is 0 Å². The Bertz CT molecular complexity index is 708. The quantitative estimate of drug-likeness (QED) is 0.644. The minimum absolute atomic E-state index is 0.473. The van der Waals surface area contributed by atoms with Crippen LogP contribution in [0.15, 0.2) is 53.2 Å². The highest BCUT2D eigenvalue weighted by atomic mass is 16.5. The molecule has 112 valence electrons. The molecular formula is C17H17N3O2. The van der Waals surface area contributed by atoms with Crippen molar-refractivity contribution >= 4 is 0 Å². The Hall–Kier alpha value is -2.69. The van der Waals surface area contributed by atoms with Crippen LogP contribution in [-0.4, -0.2) is 21.7 Å². The summed E-state index contributed by atoms with van der Waals surface area (Å²) in [5, 5.41) is 3.97. The van der Waals surface area contributed by atoms with Gasteiger partial charge >= 0.3 is 0 Å². The van der Waals surface area contributed by atoms with Crippen molar-refractivity contribution in [3.05, 3.63) is 48.7 Å². The Morgan fingerprint density at radius 3 is 2.68 bits per heavy atom. The second-order valence-electron chi connectivity index (χ2n) is 4.86. The molecule has 0 spiro atoms. The molecule has 0 fully saturated rings. The highest BCUT2D eigenvalue weighted by Crippen LogP contribution is 2.23. The highest BCUT2D eigenvalue weighted by molar-refractivity contribution is 5.58. The van der Waals surface area contributed by atoms with Crippen LogP contribution in [0.5, 0.6) is 5.75 Å². The first-order chi connectivity index (χ1) is 10.9. The first-order valence-corrected chi connectivity index (χ1v) is 7.35. The van der Waals surface area contributed by atoms with Crippen molar-refractivity contribution < 1.29 is 9.26 Å². The second kappa shape index (κ2) is 6.85. The predicted octanol–water partition coefficient (Wildman–Crippen LogP) is 3.98. The zero-order valence-electron chi connectivity index (χ0n) is 12.4. The Balaban J connectivity index is 1.73. The number of unbranched alkanes of at least 4 members (excludes halogenated alkanes) is 1. The van der Waals surface area contributed by atoms with Crippen molar-refractivity contribution in [2.75, 3.05) is 6.61 Å². The van der Waals surface area contributed by atoms with E-state index in [1.165, 1.54) is 0 Å². The zero-order valence-corrected chi connectivity index (χ0v) is 12.4. The second-order valence-corrected chi connectivity index (χ2v) is 4.86.